The van der Waals surface area contributed by atoms with Gasteiger partial charge in [-0.15, -0.1) is 10.2 Å². The van der Waals surface area contributed by atoms with Gasteiger partial charge in [0.25, 0.3) is 5.91 Å². The lowest BCUT2D eigenvalue weighted by atomic mass is 9.96. The molecule has 6 nitrogen and oxygen atoms in total. The predicted octanol–water partition coefficient (Wildman–Crippen LogP) is 3.77. The average molecular weight is 390 g/mol. The zero-order valence-corrected chi connectivity index (χ0v) is 14.5. The number of hydrogen-bond donors (Lipinski definition) is 0. The van der Waals surface area contributed by atoms with Crippen LogP contribution in [0.2, 0.25) is 5.02 Å². The Morgan fingerprint density at radius 1 is 1.31 bits per heavy atom. The summed E-state index contributed by atoms with van der Waals surface area (Å²) in [5.41, 5.74) is 0.343. The van der Waals surface area contributed by atoms with E-state index in [1.165, 1.54) is 13.2 Å². The first kappa shape index (κ1) is 18.5. The minimum Gasteiger partial charge on any atom is -0.496 e. The summed E-state index contributed by atoms with van der Waals surface area (Å²) < 4.78 is 47.6. The number of halogens is 4. The summed E-state index contributed by atoms with van der Waals surface area (Å²) in [4.78, 5) is 14.3. The Balaban J connectivity index is 1.68. The average Bonchev–Trinajstić information content (AvgIpc) is 3.12. The summed E-state index contributed by atoms with van der Waals surface area (Å²) in [5.74, 6) is -1.55. The van der Waals surface area contributed by atoms with Crippen molar-refractivity contribution < 1.29 is 27.1 Å². The topological polar surface area (TPSA) is 68.5 Å². The van der Waals surface area contributed by atoms with Gasteiger partial charge in [-0.3, -0.25) is 4.79 Å². The van der Waals surface area contributed by atoms with Crippen molar-refractivity contribution in [3.05, 3.63) is 40.6 Å². The number of nitrogens with zero attached hydrogens (tertiary/aromatic N) is 3. The van der Waals surface area contributed by atoms with Gasteiger partial charge >= 0.3 is 12.1 Å². The van der Waals surface area contributed by atoms with Crippen LogP contribution in [-0.4, -0.2) is 41.2 Å². The summed E-state index contributed by atoms with van der Waals surface area (Å²) in [6, 6.07) is 4.76. The molecule has 0 unspecified atom stereocenters. The van der Waals surface area contributed by atoms with Gasteiger partial charge in [0.05, 0.1) is 12.7 Å². The number of hydrogen-bond acceptors (Lipinski definition) is 5. The van der Waals surface area contributed by atoms with Gasteiger partial charge in [-0.05, 0) is 31.0 Å². The number of benzene rings is 1. The van der Waals surface area contributed by atoms with Gasteiger partial charge < -0.3 is 14.1 Å². The molecule has 0 saturated carbocycles. The fraction of sp³-hybridized carbons (Fsp3) is 0.438. The highest BCUT2D eigenvalue weighted by Gasteiger charge is 2.39. The van der Waals surface area contributed by atoms with Crippen molar-refractivity contribution in [1.29, 1.82) is 0 Å². The first-order chi connectivity index (χ1) is 12.3. The van der Waals surface area contributed by atoms with Gasteiger partial charge in [-0.1, -0.05) is 11.6 Å². The Labute approximate surface area is 151 Å². The van der Waals surface area contributed by atoms with E-state index in [0.717, 1.165) is 0 Å². The number of piperidine rings is 1. The van der Waals surface area contributed by atoms with E-state index in [9.17, 15) is 18.0 Å². The monoisotopic (exact) mass is 389 g/mol. The first-order valence-electron chi connectivity index (χ1n) is 7.83. The highest BCUT2D eigenvalue weighted by molar-refractivity contribution is 6.31. The van der Waals surface area contributed by atoms with Crippen LogP contribution in [0.25, 0.3) is 0 Å². The number of methoxy groups -OCH3 is 1. The van der Waals surface area contributed by atoms with Crippen molar-refractivity contribution in [2.24, 2.45) is 0 Å². The fourth-order valence-electron chi connectivity index (χ4n) is 2.86. The molecule has 0 aliphatic carbocycles. The van der Waals surface area contributed by atoms with E-state index in [1.807, 2.05) is 0 Å². The molecule has 2 heterocycles. The number of alkyl halides is 3. The van der Waals surface area contributed by atoms with E-state index in [4.69, 9.17) is 20.8 Å². The molecule has 0 bridgehead atoms. The molecule has 1 aliphatic heterocycles. The molecule has 1 amide bonds. The molecule has 2 aromatic rings. The molecule has 1 aromatic heterocycles. The Morgan fingerprint density at radius 2 is 2.00 bits per heavy atom. The van der Waals surface area contributed by atoms with Gasteiger partial charge in [0.15, 0.2) is 0 Å². The maximum Gasteiger partial charge on any atom is 0.470 e. The van der Waals surface area contributed by atoms with Crippen LogP contribution in [0.15, 0.2) is 22.6 Å². The molecule has 3 rings (SSSR count). The highest BCUT2D eigenvalue weighted by Crippen LogP contribution is 2.33. The smallest absolute Gasteiger partial charge is 0.470 e. The zero-order valence-electron chi connectivity index (χ0n) is 13.7. The standard InChI is InChI=1S/C16H15ClF3N3O3/c1-25-12-3-2-10(17)8-11(12)14(24)23-6-4-9(5-7-23)13-21-22-15(26-13)16(18,19)20/h2-3,8-9H,4-7H2,1H3. The number of likely N-dealkylation sites (tertiary alicyclic amines) is 1. The van der Waals surface area contributed by atoms with Crippen molar-refractivity contribution >= 4 is 17.5 Å². The molecular weight excluding hydrogens is 375 g/mol. The van der Waals surface area contributed by atoms with Gasteiger partial charge in [0.1, 0.15) is 5.75 Å². The second-order valence-electron chi connectivity index (χ2n) is 5.85. The molecule has 10 heteroatoms. The quantitative estimate of drug-likeness (QED) is 0.799. The van der Waals surface area contributed by atoms with Gasteiger partial charge in [-0.25, -0.2) is 0 Å². The van der Waals surface area contributed by atoms with Crippen LogP contribution in [0.4, 0.5) is 13.2 Å². The molecule has 1 fully saturated rings. The number of carbonyl (C=O) groups excluding carboxylic acids is 1. The van der Waals surface area contributed by atoms with E-state index in [2.05, 4.69) is 10.2 Å². The van der Waals surface area contributed by atoms with Crippen molar-refractivity contribution in [1.82, 2.24) is 15.1 Å². The normalized spacial score (nSPS) is 16.0. The lowest BCUT2D eigenvalue weighted by molar-refractivity contribution is -0.157. The molecule has 140 valence electrons. The maximum atomic E-state index is 12.7. The maximum absolute atomic E-state index is 12.7. The second kappa shape index (κ2) is 7.14. The number of carbonyl (C=O) groups is 1. The summed E-state index contributed by atoms with van der Waals surface area (Å²) >= 11 is 5.95. The third kappa shape index (κ3) is 3.77. The zero-order chi connectivity index (χ0) is 18.9. The van der Waals surface area contributed by atoms with Crippen LogP contribution < -0.4 is 4.74 Å². The van der Waals surface area contributed by atoms with Gasteiger partial charge in [-0.2, -0.15) is 13.2 Å². The summed E-state index contributed by atoms with van der Waals surface area (Å²) in [7, 11) is 1.46. The van der Waals surface area contributed by atoms with E-state index in [-0.39, 0.29) is 17.7 Å². The third-order valence-electron chi connectivity index (χ3n) is 4.21. The molecule has 0 N–H and O–H groups in total. The van der Waals surface area contributed by atoms with Crippen LogP contribution >= 0.6 is 11.6 Å². The number of aromatic nitrogens is 2. The molecule has 0 atom stereocenters. The molecule has 1 saturated heterocycles. The third-order valence-corrected chi connectivity index (χ3v) is 4.44. The van der Waals surface area contributed by atoms with Crippen LogP contribution in [0, 0.1) is 0 Å². The van der Waals surface area contributed by atoms with E-state index in [0.29, 0.717) is 42.3 Å². The molecule has 0 spiro atoms. The number of rotatable bonds is 3. The fourth-order valence-corrected chi connectivity index (χ4v) is 3.03. The molecule has 0 radical (unpaired) electrons. The van der Waals surface area contributed by atoms with E-state index >= 15 is 0 Å². The summed E-state index contributed by atoms with van der Waals surface area (Å²) in [6.07, 6.45) is -3.81. The van der Waals surface area contributed by atoms with Crippen molar-refractivity contribution in [2.75, 3.05) is 20.2 Å². The Bertz CT molecular complexity index is 802. The Kier molecular flexibility index (Phi) is 5.08. The molecule has 1 aromatic carbocycles. The van der Waals surface area contributed by atoms with Crippen molar-refractivity contribution in [3.8, 4) is 5.75 Å². The van der Waals surface area contributed by atoms with Crippen LogP contribution in [0.5, 0.6) is 5.75 Å². The van der Waals surface area contributed by atoms with Gasteiger partial charge in [0, 0.05) is 24.0 Å². The molecule has 26 heavy (non-hydrogen) atoms. The summed E-state index contributed by atoms with van der Waals surface area (Å²) in [6.45, 7) is 0.700. The largest absolute Gasteiger partial charge is 0.496 e. The Hall–Kier alpha value is -2.29. The molecule has 1 aliphatic rings. The number of ether oxygens (including phenoxy) is 1. The van der Waals surface area contributed by atoms with Gasteiger partial charge in [0.2, 0.25) is 5.89 Å². The minimum atomic E-state index is -4.66. The first-order valence-corrected chi connectivity index (χ1v) is 8.21. The van der Waals surface area contributed by atoms with Crippen LogP contribution in [0.3, 0.4) is 0 Å². The predicted molar refractivity (Wildman–Crippen MR) is 85.2 cm³/mol. The van der Waals surface area contributed by atoms with Crippen molar-refractivity contribution in [3.63, 3.8) is 0 Å². The van der Waals surface area contributed by atoms with Crippen LogP contribution in [0.1, 0.15) is 40.9 Å². The lowest BCUT2D eigenvalue weighted by Gasteiger charge is -2.30. The Morgan fingerprint density at radius 3 is 2.58 bits per heavy atom. The minimum absolute atomic E-state index is 0.0511. The van der Waals surface area contributed by atoms with E-state index < -0.39 is 12.1 Å². The highest BCUT2D eigenvalue weighted by atomic mass is 35.5. The van der Waals surface area contributed by atoms with Crippen LogP contribution in [-0.2, 0) is 6.18 Å². The SMILES string of the molecule is COc1ccc(Cl)cc1C(=O)N1CCC(c2nnc(C(F)(F)F)o2)CC1. The molecular formula is C16H15ClF3N3O3. The number of amides is 1. The second-order valence-corrected chi connectivity index (χ2v) is 6.29. The van der Waals surface area contributed by atoms with Crippen molar-refractivity contribution in [2.45, 2.75) is 24.9 Å². The van der Waals surface area contributed by atoms with E-state index in [1.54, 1.807) is 17.0 Å². The summed E-state index contributed by atoms with van der Waals surface area (Å²) in [5, 5.41) is 6.95. The lowest BCUT2D eigenvalue weighted by Crippen LogP contribution is -2.38.